The summed E-state index contributed by atoms with van der Waals surface area (Å²) >= 11 is 0. The minimum atomic E-state index is -2.28. The van der Waals surface area contributed by atoms with Crippen molar-refractivity contribution in [3.63, 3.8) is 0 Å². The van der Waals surface area contributed by atoms with E-state index in [-0.39, 0.29) is 25.2 Å². The highest BCUT2D eigenvalue weighted by Gasteiger charge is 2.32. The molecule has 0 saturated carbocycles. The fourth-order valence-electron chi connectivity index (χ4n) is 2.61. The predicted molar refractivity (Wildman–Crippen MR) is 91.2 cm³/mol. The maximum Gasteiger partial charge on any atom is 0.410 e. The van der Waals surface area contributed by atoms with Gasteiger partial charge in [-0.25, -0.2) is 26.7 Å². The Labute approximate surface area is 164 Å². The molecule has 1 amide bonds. The number of rotatable bonds is 5. The summed E-state index contributed by atoms with van der Waals surface area (Å²) in [6.45, 7) is 4.60. The fraction of sp³-hybridized carbons (Fsp3) is 0.579. The number of hydrogen-bond donors (Lipinski definition) is 0. The number of hydrogen-bond acceptors (Lipinski definition) is 4. The second kappa shape index (κ2) is 8.96. The third-order valence-electron chi connectivity index (χ3n) is 5.05. The molecule has 0 bridgehead atoms. The summed E-state index contributed by atoms with van der Waals surface area (Å²) < 4.78 is 76.8. The number of carbonyl (C=O) groups excluding carboxylic acids is 2. The van der Waals surface area contributed by atoms with Gasteiger partial charge in [0, 0.05) is 25.9 Å². The molecule has 1 aliphatic heterocycles. The second-order valence-corrected chi connectivity index (χ2v) is 7.43. The van der Waals surface area contributed by atoms with Crippen LogP contribution in [0.4, 0.5) is 26.7 Å². The van der Waals surface area contributed by atoms with Gasteiger partial charge in [-0.05, 0) is 20.3 Å². The van der Waals surface area contributed by atoms with Crippen LogP contribution in [0.25, 0.3) is 0 Å². The Morgan fingerprint density at radius 2 is 1.45 bits per heavy atom. The largest absolute Gasteiger partial charge is 0.462 e. The zero-order valence-corrected chi connectivity index (χ0v) is 16.3. The smallest absolute Gasteiger partial charge is 0.410 e. The lowest BCUT2D eigenvalue weighted by atomic mass is 9.90. The third kappa shape index (κ3) is 4.97. The Bertz CT molecular complexity index is 762. The summed E-state index contributed by atoms with van der Waals surface area (Å²) in [5.74, 6) is -10.9. The molecule has 162 valence electrons. The lowest BCUT2D eigenvalue weighted by Gasteiger charge is -2.32. The number of esters is 1. The average Bonchev–Trinajstić information content (AvgIpc) is 2.71. The van der Waals surface area contributed by atoms with Crippen molar-refractivity contribution in [3.8, 4) is 0 Å². The van der Waals surface area contributed by atoms with E-state index in [1.807, 2.05) is 6.92 Å². The Hall–Kier alpha value is -2.39. The zero-order chi connectivity index (χ0) is 21.9. The van der Waals surface area contributed by atoms with Crippen LogP contribution in [-0.4, -0.2) is 36.2 Å². The van der Waals surface area contributed by atoms with Gasteiger partial charge < -0.3 is 14.4 Å². The number of amides is 1. The molecule has 5 nitrogen and oxygen atoms in total. The molecule has 29 heavy (non-hydrogen) atoms. The van der Waals surface area contributed by atoms with Crippen LogP contribution >= 0.6 is 0 Å². The molecule has 2 rings (SSSR count). The van der Waals surface area contributed by atoms with E-state index < -0.39 is 52.8 Å². The van der Waals surface area contributed by atoms with Gasteiger partial charge in [0.05, 0.1) is 11.0 Å². The Morgan fingerprint density at radius 1 is 0.966 bits per heavy atom. The molecule has 0 N–H and O–H groups in total. The van der Waals surface area contributed by atoms with Crippen molar-refractivity contribution in [1.82, 2.24) is 4.90 Å². The number of piperidine rings is 1. The molecule has 1 aromatic carbocycles. The molecule has 10 heteroatoms. The molecule has 0 aliphatic carbocycles. The molecule has 0 aromatic heterocycles. The van der Waals surface area contributed by atoms with E-state index in [1.54, 1.807) is 13.8 Å². The standard InChI is InChI=1S/C19H22F5NO4/c1-4-19(2,3)17(26)29-10-5-7-25(8-6-10)18(27)28-9-11-12(20)14(22)16(24)15(23)13(11)21/h10H,4-9H2,1-3H3. The number of benzene rings is 1. The van der Waals surface area contributed by atoms with Gasteiger partial charge in [-0.3, -0.25) is 4.79 Å². The van der Waals surface area contributed by atoms with Gasteiger partial charge in [-0.1, -0.05) is 6.92 Å². The monoisotopic (exact) mass is 423 g/mol. The maximum atomic E-state index is 13.6. The van der Waals surface area contributed by atoms with Gasteiger partial charge in [0.25, 0.3) is 0 Å². The van der Waals surface area contributed by atoms with Gasteiger partial charge in [-0.15, -0.1) is 0 Å². The molecular formula is C19H22F5NO4. The van der Waals surface area contributed by atoms with E-state index in [0.29, 0.717) is 19.3 Å². The lowest BCUT2D eigenvalue weighted by molar-refractivity contribution is -0.161. The minimum absolute atomic E-state index is 0.153. The van der Waals surface area contributed by atoms with E-state index in [1.165, 1.54) is 4.90 Å². The van der Waals surface area contributed by atoms with Gasteiger partial charge in [-0.2, -0.15) is 0 Å². The van der Waals surface area contributed by atoms with E-state index in [0.717, 1.165) is 0 Å². The number of ether oxygens (including phenoxy) is 2. The number of carbonyl (C=O) groups is 2. The molecule has 1 aliphatic rings. The molecule has 1 saturated heterocycles. The number of likely N-dealkylation sites (tertiary alicyclic amines) is 1. The van der Waals surface area contributed by atoms with Crippen molar-refractivity contribution in [2.45, 2.75) is 52.7 Å². The Morgan fingerprint density at radius 3 is 1.93 bits per heavy atom. The molecule has 0 unspecified atom stereocenters. The van der Waals surface area contributed by atoms with Crippen LogP contribution in [0.2, 0.25) is 0 Å². The topological polar surface area (TPSA) is 55.8 Å². The fourth-order valence-corrected chi connectivity index (χ4v) is 2.61. The third-order valence-corrected chi connectivity index (χ3v) is 5.05. The van der Waals surface area contributed by atoms with Crippen molar-refractivity contribution in [1.29, 1.82) is 0 Å². The van der Waals surface area contributed by atoms with Gasteiger partial charge in [0.2, 0.25) is 5.82 Å². The van der Waals surface area contributed by atoms with E-state index >= 15 is 0 Å². The Kier molecular flexibility index (Phi) is 7.07. The van der Waals surface area contributed by atoms with Crippen LogP contribution in [0.1, 0.15) is 45.6 Å². The predicted octanol–water partition coefficient (Wildman–Crippen LogP) is 4.46. The highest BCUT2D eigenvalue weighted by atomic mass is 19.2. The first-order chi connectivity index (χ1) is 13.5. The number of halogens is 5. The van der Waals surface area contributed by atoms with Crippen molar-refractivity contribution < 1.29 is 41.0 Å². The normalized spacial score (nSPS) is 15.4. The first-order valence-corrected chi connectivity index (χ1v) is 9.12. The van der Waals surface area contributed by atoms with Crippen LogP contribution in [0, 0.1) is 34.5 Å². The van der Waals surface area contributed by atoms with Gasteiger partial charge in [0.1, 0.15) is 12.7 Å². The summed E-state index contributed by atoms with van der Waals surface area (Å²) in [6, 6.07) is 0. The van der Waals surface area contributed by atoms with Crippen LogP contribution in [0.3, 0.4) is 0 Å². The lowest BCUT2D eigenvalue weighted by Crippen LogP contribution is -2.42. The molecule has 1 aromatic rings. The number of nitrogens with zero attached hydrogens (tertiary/aromatic N) is 1. The zero-order valence-electron chi connectivity index (χ0n) is 16.3. The van der Waals surface area contributed by atoms with Crippen molar-refractivity contribution in [3.05, 3.63) is 34.6 Å². The van der Waals surface area contributed by atoms with Crippen LogP contribution in [0.15, 0.2) is 0 Å². The molecule has 1 fully saturated rings. The second-order valence-electron chi connectivity index (χ2n) is 7.43. The average molecular weight is 423 g/mol. The highest BCUT2D eigenvalue weighted by molar-refractivity contribution is 5.76. The van der Waals surface area contributed by atoms with Crippen LogP contribution in [0.5, 0.6) is 0 Å². The summed E-state index contributed by atoms with van der Waals surface area (Å²) in [6.07, 6.45) is -0.0683. The quantitative estimate of drug-likeness (QED) is 0.304. The van der Waals surface area contributed by atoms with E-state index in [9.17, 15) is 31.5 Å². The maximum absolute atomic E-state index is 13.6. The van der Waals surface area contributed by atoms with Gasteiger partial charge in [0.15, 0.2) is 23.3 Å². The molecular weight excluding hydrogens is 401 g/mol. The first kappa shape index (κ1) is 22.9. The SMILES string of the molecule is CCC(C)(C)C(=O)OC1CCN(C(=O)OCc2c(F)c(F)c(F)c(F)c2F)CC1. The van der Waals surface area contributed by atoms with Gasteiger partial charge >= 0.3 is 12.1 Å². The Balaban J connectivity index is 1.91. The molecule has 0 atom stereocenters. The van der Waals surface area contributed by atoms with E-state index in [2.05, 4.69) is 0 Å². The first-order valence-electron chi connectivity index (χ1n) is 9.12. The summed E-state index contributed by atoms with van der Waals surface area (Å²) in [4.78, 5) is 25.4. The summed E-state index contributed by atoms with van der Waals surface area (Å²) in [7, 11) is 0. The van der Waals surface area contributed by atoms with Crippen molar-refractivity contribution in [2.75, 3.05) is 13.1 Å². The molecule has 0 spiro atoms. The van der Waals surface area contributed by atoms with Crippen molar-refractivity contribution in [2.24, 2.45) is 5.41 Å². The van der Waals surface area contributed by atoms with Crippen molar-refractivity contribution >= 4 is 12.1 Å². The summed E-state index contributed by atoms with van der Waals surface area (Å²) in [5.41, 5.74) is -1.84. The summed E-state index contributed by atoms with van der Waals surface area (Å²) in [5, 5.41) is 0. The molecule has 1 heterocycles. The van der Waals surface area contributed by atoms with E-state index in [4.69, 9.17) is 9.47 Å². The van der Waals surface area contributed by atoms with Crippen LogP contribution < -0.4 is 0 Å². The highest BCUT2D eigenvalue weighted by Crippen LogP contribution is 2.26. The molecule has 0 radical (unpaired) electrons. The minimum Gasteiger partial charge on any atom is -0.462 e. The van der Waals surface area contributed by atoms with Crippen LogP contribution in [-0.2, 0) is 20.9 Å².